The Morgan fingerprint density at radius 1 is 0.889 bits per heavy atom. The highest BCUT2D eigenvalue weighted by molar-refractivity contribution is 5.98. The van der Waals surface area contributed by atoms with Crippen molar-refractivity contribution in [3.05, 3.63) is 35.6 Å². The number of rotatable bonds is 5. The van der Waals surface area contributed by atoms with Gasteiger partial charge in [0.1, 0.15) is 5.82 Å². The molecule has 0 spiro atoms. The summed E-state index contributed by atoms with van der Waals surface area (Å²) in [7, 11) is 0. The molecule has 0 radical (unpaired) electrons. The molecule has 1 N–H and O–H groups in total. The minimum absolute atomic E-state index is 0.262. The van der Waals surface area contributed by atoms with E-state index in [0.29, 0.717) is 17.8 Å². The van der Waals surface area contributed by atoms with E-state index in [2.05, 4.69) is 30.3 Å². The highest BCUT2D eigenvalue weighted by Crippen LogP contribution is 2.22. The van der Waals surface area contributed by atoms with E-state index in [4.69, 9.17) is 4.98 Å². The highest BCUT2D eigenvalue weighted by atomic mass is 19.1. The summed E-state index contributed by atoms with van der Waals surface area (Å²) in [6.07, 6.45) is 4.65. The van der Waals surface area contributed by atoms with Crippen LogP contribution in [0.4, 0.5) is 22.2 Å². The van der Waals surface area contributed by atoms with E-state index in [0.717, 1.165) is 63.1 Å². The molecule has 1 aromatic carbocycles. The van der Waals surface area contributed by atoms with Crippen LogP contribution in [0.3, 0.4) is 0 Å². The van der Waals surface area contributed by atoms with Crippen LogP contribution in [0.15, 0.2) is 29.4 Å². The Bertz CT molecular complexity index is 775. The Kier molecular flexibility index (Phi) is 5.13. The SMILES string of the molecule is C/C(=N/Nc1nc(N2CCCC2)nc(N2CCCC2)n1)c1ccc(F)cc1. The molecule has 2 fully saturated rings. The summed E-state index contributed by atoms with van der Waals surface area (Å²) in [5.41, 5.74) is 4.55. The first-order valence-corrected chi connectivity index (χ1v) is 9.51. The number of halogens is 1. The summed E-state index contributed by atoms with van der Waals surface area (Å²) in [5.74, 6) is 1.60. The predicted molar refractivity (Wildman–Crippen MR) is 105 cm³/mol. The number of benzene rings is 1. The fourth-order valence-corrected chi connectivity index (χ4v) is 3.41. The smallest absolute Gasteiger partial charge is 0.250 e. The largest absolute Gasteiger partial charge is 0.341 e. The summed E-state index contributed by atoms with van der Waals surface area (Å²) in [6, 6.07) is 6.26. The molecule has 4 rings (SSSR count). The van der Waals surface area contributed by atoms with Crippen LogP contribution in [-0.4, -0.2) is 46.8 Å². The molecule has 2 aromatic rings. The molecular formula is C19H24FN7. The Morgan fingerprint density at radius 3 is 1.93 bits per heavy atom. The van der Waals surface area contributed by atoms with Crippen molar-refractivity contribution >= 4 is 23.6 Å². The van der Waals surface area contributed by atoms with Crippen molar-refractivity contribution in [3.8, 4) is 0 Å². The van der Waals surface area contributed by atoms with Gasteiger partial charge in [-0.3, -0.25) is 0 Å². The number of aromatic nitrogens is 3. The van der Waals surface area contributed by atoms with Gasteiger partial charge in [-0.2, -0.15) is 20.1 Å². The molecule has 3 heterocycles. The third-order valence-electron chi connectivity index (χ3n) is 4.98. The Hall–Kier alpha value is -2.77. The lowest BCUT2D eigenvalue weighted by Gasteiger charge is -2.20. The van der Waals surface area contributed by atoms with Crippen molar-refractivity contribution in [3.63, 3.8) is 0 Å². The van der Waals surface area contributed by atoms with Crippen LogP contribution in [0.25, 0.3) is 0 Å². The normalized spacial score (nSPS) is 17.6. The van der Waals surface area contributed by atoms with Gasteiger partial charge in [-0.25, -0.2) is 9.82 Å². The molecule has 27 heavy (non-hydrogen) atoms. The minimum atomic E-state index is -0.262. The standard InChI is InChI=1S/C19H24FN7/c1-14(15-6-8-16(20)9-7-15)24-25-17-21-18(26-10-2-3-11-26)23-19(22-17)27-12-4-5-13-27/h6-9H,2-5,10-13H2,1H3,(H,21,22,23,25)/b24-14-. The molecule has 2 saturated heterocycles. The van der Waals surface area contributed by atoms with Crippen molar-refractivity contribution in [2.75, 3.05) is 41.4 Å². The first kappa shape index (κ1) is 17.6. The monoisotopic (exact) mass is 369 g/mol. The van der Waals surface area contributed by atoms with E-state index in [1.807, 2.05) is 6.92 Å². The second-order valence-electron chi connectivity index (χ2n) is 6.96. The summed E-state index contributed by atoms with van der Waals surface area (Å²) in [6.45, 7) is 5.76. The van der Waals surface area contributed by atoms with Crippen LogP contribution in [0, 0.1) is 5.82 Å². The second-order valence-corrected chi connectivity index (χ2v) is 6.96. The third-order valence-corrected chi connectivity index (χ3v) is 4.98. The van der Waals surface area contributed by atoms with Crippen LogP contribution in [0.2, 0.25) is 0 Å². The van der Waals surface area contributed by atoms with Gasteiger partial charge in [0.05, 0.1) is 5.71 Å². The van der Waals surface area contributed by atoms with Crippen LogP contribution < -0.4 is 15.2 Å². The van der Waals surface area contributed by atoms with E-state index in [-0.39, 0.29) is 5.82 Å². The molecule has 0 unspecified atom stereocenters. The lowest BCUT2D eigenvalue weighted by Crippen LogP contribution is -2.25. The zero-order valence-corrected chi connectivity index (χ0v) is 15.5. The average molecular weight is 369 g/mol. The fraction of sp³-hybridized carbons (Fsp3) is 0.474. The number of nitrogens with one attached hydrogen (secondary N) is 1. The molecule has 0 atom stereocenters. The number of hydrazone groups is 1. The molecule has 0 amide bonds. The highest BCUT2D eigenvalue weighted by Gasteiger charge is 2.21. The Morgan fingerprint density at radius 2 is 1.41 bits per heavy atom. The molecular weight excluding hydrogens is 345 g/mol. The molecule has 8 heteroatoms. The van der Waals surface area contributed by atoms with Crippen molar-refractivity contribution in [2.24, 2.45) is 5.10 Å². The summed E-state index contributed by atoms with van der Waals surface area (Å²) in [4.78, 5) is 18.2. The molecule has 142 valence electrons. The maximum atomic E-state index is 13.1. The lowest BCUT2D eigenvalue weighted by molar-refractivity contribution is 0.628. The van der Waals surface area contributed by atoms with E-state index >= 15 is 0 Å². The molecule has 0 saturated carbocycles. The number of hydrogen-bond donors (Lipinski definition) is 1. The minimum Gasteiger partial charge on any atom is -0.341 e. The van der Waals surface area contributed by atoms with E-state index in [1.165, 1.54) is 12.1 Å². The first-order valence-electron chi connectivity index (χ1n) is 9.51. The number of nitrogens with zero attached hydrogens (tertiary/aromatic N) is 6. The quantitative estimate of drug-likeness (QED) is 0.645. The van der Waals surface area contributed by atoms with Gasteiger partial charge in [-0.1, -0.05) is 12.1 Å². The molecule has 1 aromatic heterocycles. The molecule has 2 aliphatic rings. The van der Waals surface area contributed by atoms with Gasteiger partial charge < -0.3 is 9.80 Å². The molecule has 0 aliphatic carbocycles. The Balaban J connectivity index is 1.58. The van der Waals surface area contributed by atoms with Crippen LogP contribution >= 0.6 is 0 Å². The van der Waals surface area contributed by atoms with Crippen molar-refractivity contribution in [2.45, 2.75) is 32.6 Å². The molecule has 2 aliphatic heterocycles. The van der Waals surface area contributed by atoms with Gasteiger partial charge in [0.25, 0.3) is 0 Å². The van der Waals surface area contributed by atoms with Gasteiger partial charge >= 0.3 is 0 Å². The van der Waals surface area contributed by atoms with E-state index in [1.54, 1.807) is 12.1 Å². The second kappa shape index (κ2) is 7.85. The van der Waals surface area contributed by atoms with Gasteiger partial charge in [0.2, 0.25) is 17.8 Å². The van der Waals surface area contributed by atoms with Crippen molar-refractivity contribution in [1.29, 1.82) is 0 Å². The lowest BCUT2D eigenvalue weighted by atomic mass is 10.1. The topological polar surface area (TPSA) is 69.5 Å². The van der Waals surface area contributed by atoms with Gasteiger partial charge in [-0.05, 0) is 50.3 Å². The maximum Gasteiger partial charge on any atom is 0.250 e. The summed E-state index contributed by atoms with van der Waals surface area (Å²) >= 11 is 0. The van der Waals surface area contributed by atoms with Crippen LogP contribution in [0.1, 0.15) is 38.2 Å². The van der Waals surface area contributed by atoms with Crippen LogP contribution in [0.5, 0.6) is 0 Å². The van der Waals surface area contributed by atoms with Crippen molar-refractivity contribution in [1.82, 2.24) is 15.0 Å². The first-order chi connectivity index (χ1) is 13.2. The van der Waals surface area contributed by atoms with Gasteiger partial charge in [0, 0.05) is 26.2 Å². The van der Waals surface area contributed by atoms with Gasteiger partial charge in [0.15, 0.2) is 0 Å². The number of anilines is 3. The zero-order valence-electron chi connectivity index (χ0n) is 15.5. The molecule has 7 nitrogen and oxygen atoms in total. The van der Waals surface area contributed by atoms with E-state index in [9.17, 15) is 4.39 Å². The maximum absolute atomic E-state index is 13.1. The summed E-state index contributed by atoms with van der Waals surface area (Å²) < 4.78 is 13.1. The average Bonchev–Trinajstić information content (AvgIpc) is 3.40. The van der Waals surface area contributed by atoms with Crippen LogP contribution in [-0.2, 0) is 0 Å². The fourth-order valence-electron chi connectivity index (χ4n) is 3.41. The van der Waals surface area contributed by atoms with Gasteiger partial charge in [-0.15, -0.1) is 0 Å². The zero-order chi connectivity index (χ0) is 18.6. The number of hydrogen-bond acceptors (Lipinski definition) is 7. The predicted octanol–water partition coefficient (Wildman–Crippen LogP) is 3.05. The summed E-state index contributed by atoms with van der Waals surface area (Å²) in [5, 5.41) is 4.38. The third kappa shape index (κ3) is 4.15. The molecule has 0 bridgehead atoms. The Labute approximate surface area is 158 Å². The van der Waals surface area contributed by atoms with Crippen molar-refractivity contribution < 1.29 is 4.39 Å². The van der Waals surface area contributed by atoms with E-state index < -0.39 is 0 Å².